The van der Waals surface area contributed by atoms with Crippen molar-refractivity contribution in [1.29, 1.82) is 0 Å². The first-order valence-electron chi connectivity index (χ1n) is 6.20. The van der Waals surface area contributed by atoms with Gasteiger partial charge < -0.3 is 10.4 Å². The van der Waals surface area contributed by atoms with E-state index >= 15 is 0 Å². The summed E-state index contributed by atoms with van der Waals surface area (Å²) >= 11 is 0. The van der Waals surface area contributed by atoms with Crippen molar-refractivity contribution < 1.29 is 14.3 Å². The van der Waals surface area contributed by atoms with Crippen molar-refractivity contribution in [3.8, 4) is 5.75 Å². The van der Waals surface area contributed by atoms with Crippen LogP contribution in [0.1, 0.15) is 43.5 Å². The highest BCUT2D eigenvalue weighted by Crippen LogP contribution is 2.37. The van der Waals surface area contributed by atoms with E-state index in [4.69, 9.17) is 0 Å². The SMILES string of the molecule is CC1(C)CCCC1NC(=O)c1c(O)cccc1F. The monoisotopic (exact) mass is 251 g/mol. The fraction of sp³-hybridized carbons (Fsp3) is 0.500. The Labute approximate surface area is 106 Å². The van der Waals surface area contributed by atoms with Gasteiger partial charge in [0.05, 0.1) is 0 Å². The lowest BCUT2D eigenvalue weighted by molar-refractivity contribution is 0.0903. The number of carbonyl (C=O) groups excluding carboxylic acids is 1. The third-order valence-electron chi connectivity index (χ3n) is 3.78. The van der Waals surface area contributed by atoms with Gasteiger partial charge >= 0.3 is 0 Å². The predicted octanol–water partition coefficient (Wildman–Crippen LogP) is 2.84. The molecule has 0 bridgehead atoms. The van der Waals surface area contributed by atoms with Crippen LogP contribution in [0.3, 0.4) is 0 Å². The first-order valence-corrected chi connectivity index (χ1v) is 6.20. The molecule has 1 aliphatic carbocycles. The maximum Gasteiger partial charge on any atom is 0.258 e. The molecule has 1 aromatic rings. The number of rotatable bonds is 2. The van der Waals surface area contributed by atoms with Crippen LogP contribution in [0.15, 0.2) is 18.2 Å². The molecule has 1 aliphatic rings. The predicted molar refractivity (Wildman–Crippen MR) is 67.0 cm³/mol. The Morgan fingerprint density at radius 2 is 2.22 bits per heavy atom. The van der Waals surface area contributed by atoms with Crippen LogP contribution in [-0.2, 0) is 0 Å². The summed E-state index contributed by atoms with van der Waals surface area (Å²) in [5.74, 6) is -1.54. The van der Waals surface area contributed by atoms with E-state index in [-0.39, 0.29) is 22.8 Å². The number of aromatic hydroxyl groups is 1. The molecule has 4 heteroatoms. The van der Waals surface area contributed by atoms with Crippen LogP contribution < -0.4 is 5.32 Å². The lowest BCUT2D eigenvalue weighted by atomic mass is 9.87. The van der Waals surface area contributed by atoms with Crippen molar-refractivity contribution in [3.63, 3.8) is 0 Å². The number of hydrogen-bond acceptors (Lipinski definition) is 2. The van der Waals surface area contributed by atoms with E-state index in [1.54, 1.807) is 0 Å². The maximum absolute atomic E-state index is 13.5. The standard InChI is InChI=1S/C14H18FNO2/c1-14(2)8-4-7-11(14)16-13(18)12-9(15)5-3-6-10(12)17/h3,5-6,11,17H,4,7-8H2,1-2H3,(H,16,18). The van der Waals surface area contributed by atoms with Gasteiger partial charge in [-0.2, -0.15) is 0 Å². The highest BCUT2D eigenvalue weighted by Gasteiger charge is 2.36. The number of carbonyl (C=O) groups is 1. The minimum atomic E-state index is -0.691. The van der Waals surface area contributed by atoms with E-state index in [9.17, 15) is 14.3 Å². The molecule has 98 valence electrons. The second-order valence-corrected chi connectivity index (χ2v) is 5.54. The summed E-state index contributed by atoms with van der Waals surface area (Å²) in [6.07, 6.45) is 3.00. The van der Waals surface area contributed by atoms with E-state index < -0.39 is 11.7 Å². The van der Waals surface area contributed by atoms with Gasteiger partial charge in [-0.1, -0.05) is 26.3 Å². The third kappa shape index (κ3) is 2.33. The van der Waals surface area contributed by atoms with Gasteiger partial charge in [0, 0.05) is 6.04 Å². The molecule has 2 N–H and O–H groups in total. The molecule has 1 fully saturated rings. The van der Waals surface area contributed by atoms with Gasteiger partial charge in [-0.05, 0) is 30.4 Å². The van der Waals surface area contributed by atoms with Crippen LogP contribution >= 0.6 is 0 Å². The summed E-state index contributed by atoms with van der Waals surface area (Å²) in [4.78, 5) is 12.0. The van der Waals surface area contributed by atoms with Crippen LogP contribution in [0.5, 0.6) is 5.75 Å². The molecule has 1 aromatic carbocycles. The zero-order valence-corrected chi connectivity index (χ0v) is 10.7. The fourth-order valence-corrected chi connectivity index (χ4v) is 2.56. The molecule has 1 atom stereocenters. The topological polar surface area (TPSA) is 49.3 Å². The van der Waals surface area contributed by atoms with Crippen molar-refractivity contribution in [3.05, 3.63) is 29.6 Å². The lowest BCUT2D eigenvalue weighted by Gasteiger charge is -2.27. The summed E-state index contributed by atoms with van der Waals surface area (Å²) in [7, 11) is 0. The van der Waals surface area contributed by atoms with Crippen LogP contribution in [-0.4, -0.2) is 17.1 Å². The number of benzene rings is 1. The Balaban J connectivity index is 2.18. The molecular formula is C14H18FNO2. The lowest BCUT2D eigenvalue weighted by Crippen LogP contribution is -2.41. The smallest absolute Gasteiger partial charge is 0.258 e. The van der Waals surface area contributed by atoms with Gasteiger partial charge in [-0.15, -0.1) is 0 Å². The Bertz CT molecular complexity index is 451. The van der Waals surface area contributed by atoms with Crippen molar-refractivity contribution in [2.45, 2.75) is 39.2 Å². The van der Waals surface area contributed by atoms with E-state index in [2.05, 4.69) is 19.2 Å². The second kappa shape index (κ2) is 4.59. The number of phenols is 1. The Morgan fingerprint density at radius 3 is 2.78 bits per heavy atom. The molecule has 3 nitrogen and oxygen atoms in total. The number of nitrogens with one attached hydrogen (secondary N) is 1. The Morgan fingerprint density at radius 1 is 1.50 bits per heavy atom. The third-order valence-corrected chi connectivity index (χ3v) is 3.78. The molecule has 18 heavy (non-hydrogen) atoms. The summed E-state index contributed by atoms with van der Waals surface area (Å²) in [6.45, 7) is 4.18. The summed E-state index contributed by atoms with van der Waals surface area (Å²) < 4.78 is 13.5. The maximum atomic E-state index is 13.5. The molecule has 2 rings (SSSR count). The first kappa shape index (κ1) is 12.9. The second-order valence-electron chi connectivity index (χ2n) is 5.54. The highest BCUT2D eigenvalue weighted by atomic mass is 19.1. The van der Waals surface area contributed by atoms with Crippen LogP contribution in [0.2, 0.25) is 0 Å². The van der Waals surface area contributed by atoms with Gasteiger partial charge in [-0.3, -0.25) is 4.79 Å². The van der Waals surface area contributed by atoms with Crippen molar-refractivity contribution in [2.24, 2.45) is 5.41 Å². The number of hydrogen-bond donors (Lipinski definition) is 2. The molecule has 0 radical (unpaired) electrons. The highest BCUT2D eigenvalue weighted by molar-refractivity contribution is 5.97. The Kier molecular flexibility index (Phi) is 3.28. The number of phenolic OH excluding ortho intramolecular Hbond substituents is 1. The molecule has 0 aromatic heterocycles. The zero-order chi connectivity index (χ0) is 13.3. The van der Waals surface area contributed by atoms with Gasteiger partial charge in [0.2, 0.25) is 0 Å². The van der Waals surface area contributed by atoms with Gasteiger partial charge in [0.25, 0.3) is 5.91 Å². The summed E-state index contributed by atoms with van der Waals surface area (Å²) in [5.41, 5.74) is -0.239. The molecule has 0 saturated heterocycles. The molecular weight excluding hydrogens is 233 g/mol. The van der Waals surface area contributed by atoms with E-state index in [0.717, 1.165) is 19.3 Å². The van der Waals surface area contributed by atoms with E-state index in [0.29, 0.717) is 0 Å². The minimum Gasteiger partial charge on any atom is -0.507 e. The molecule has 1 unspecified atom stereocenters. The fourth-order valence-electron chi connectivity index (χ4n) is 2.56. The van der Waals surface area contributed by atoms with Crippen LogP contribution in [0.25, 0.3) is 0 Å². The molecule has 1 amide bonds. The summed E-state index contributed by atoms with van der Waals surface area (Å²) in [5, 5.41) is 12.4. The molecule has 0 heterocycles. The Hall–Kier alpha value is -1.58. The minimum absolute atomic E-state index is 0.0243. The quantitative estimate of drug-likeness (QED) is 0.849. The zero-order valence-electron chi connectivity index (χ0n) is 10.7. The van der Waals surface area contributed by atoms with E-state index in [1.165, 1.54) is 18.2 Å². The number of halogens is 1. The summed E-state index contributed by atoms with van der Waals surface area (Å²) in [6, 6.07) is 3.90. The van der Waals surface area contributed by atoms with E-state index in [1.807, 2.05) is 0 Å². The number of amides is 1. The van der Waals surface area contributed by atoms with Crippen LogP contribution in [0.4, 0.5) is 4.39 Å². The largest absolute Gasteiger partial charge is 0.507 e. The van der Waals surface area contributed by atoms with Gasteiger partial charge in [0.15, 0.2) is 0 Å². The molecule has 0 spiro atoms. The van der Waals surface area contributed by atoms with Crippen molar-refractivity contribution in [1.82, 2.24) is 5.32 Å². The van der Waals surface area contributed by atoms with Crippen molar-refractivity contribution in [2.75, 3.05) is 0 Å². The normalized spacial score (nSPS) is 21.8. The van der Waals surface area contributed by atoms with Gasteiger partial charge in [-0.25, -0.2) is 4.39 Å². The average molecular weight is 251 g/mol. The van der Waals surface area contributed by atoms with Crippen molar-refractivity contribution >= 4 is 5.91 Å². The van der Waals surface area contributed by atoms with Crippen LogP contribution in [0, 0.1) is 11.2 Å². The average Bonchev–Trinajstić information content (AvgIpc) is 2.58. The van der Waals surface area contributed by atoms with Gasteiger partial charge in [0.1, 0.15) is 17.1 Å². The molecule has 1 saturated carbocycles. The molecule has 0 aliphatic heterocycles. The first-order chi connectivity index (χ1) is 8.42.